The van der Waals surface area contributed by atoms with Gasteiger partial charge in [0.05, 0.1) is 12.8 Å². The fraction of sp³-hybridized carbons (Fsp3) is 0.733. The van der Waals surface area contributed by atoms with Gasteiger partial charge >= 0.3 is 0 Å². The molecule has 1 saturated heterocycles. The molecule has 204 valence electrons. The number of likely N-dealkylation sites (tertiary alicyclic amines) is 1. The van der Waals surface area contributed by atoms with Gasteiger partial charge in [-0.15, -0.1) is 0 Å². The van der Waals surface area contributed by atoms with Gasteiger partial charge in [0.15, 0.2) is 0 Å². The number of hydrogen-bond acceptors (Lipinski definition) is 4. The summed E-state index contributed by atoms with van der Waals surface area (Å²) in [5.41, 5.74) is 1.09. The fourth-order valence-electron chi connectivity index (χ4n) is 4.86. The number of benzene rings is 1. The van der Waals surface area contributed by atoms with Gasteiger partial charge in [-0.1, -0.05) is 58.6 Å². The Kier molecular flexibility index (Phi) is 14.7. The Balaban J connectivity index is 1.81. The van der Waals surface area contributed by atoms with Crippen molar-refractivity contribution in [3.63, 3.8) is 0 Å². The number of carbonyl (C=O) groups excluding carboxylic acids is 2. The molecule has 2 rings (SSSR count). The summed E-state index contributed by atoms with van der Waals surface area (Å²) in [5.74, 6) is 1.34. The van der Waals surface area contributed by atoms with Crippen molar-refractivity contribution < 1.29 is 18.7 Å². The standard InChI is InChI=1S/C30H49FN2O3/c1-4-7-9-12-25(6-3)28(34)13-10-11-14-30(35)32-29(33-20-19-26(31)23-33)22-24-15-17-27(18-16-24)36-21-8-5-2/h15-18,25-26,29H,4-14,19-23H2,1-3H3,(H,32,35)/t25?,26-,29?/m1/s1. The maximum Gasteiger partial charge on any atom is 0.221 e. The maximum atomic E-state index is 13.9. The predicted molar refractivity (Wildman–Crippen MR) is 145 cm³/mol. The molecule has 1 aromatic rings. The van der Waals surface area contributed by atoms with E-state index in [2.05, 4.69) is 26.1 Å². The van der Waals surface area contributed by atoms with Crippen LogP contribution in [0.2, 0.25) is 0 Å². The molecule has 6 heteroatoms. The number of hydrogen-bond donors (Lipinski definition) is 1. The first-order valence-electron chi connectivity index (χ1n) is 14.4. The Hall–Kier alpha value is -1.95. The van der Waals surface area contributed by atoms with Crippen molar-refractivity contribution in [2.75, 3.05) is 19.7 Å². The lowest BCUT2D eigenvalue weighted by Crippen LogP contribution is -2.48. The molecule has 0 spiro atoms. The number of unbranched alkanes of at least 4 members (excludes halogenated alkanes) is 4. The number of amides is 1. The molecule has 0 aromatic heterocycles. The van der Waals surface area contributed by atoms with Crippen LogP contribution in [0.25, 0.3) is 0 Å². The minimum Gasteiger partial charge on any atom is -0.494 e. The van der Waals surface area contributed by atoms with Gasteiger partial charge in [-0.3, -0.25) is 14.5 Å². The van der Waals surface area contributed by atoms with Crippen molar-refractivity contribution in [1.82, 2.24) is 10.2 Å². The average Bonchev–Trinajstić information content (AvgIpc) is 3.31. The molecule has 1 heterocycles. The van der Waals surface area contributed by atoms with E-state index in [0.29, 0.717) is 57.6 Å². The molecule has 2 unspecified atom stereocenters. The second-order valence-corrected chi connectivity index (χ2v) is 10.3. The zero-order valence-corrected chi connectivity index (χ0v) is 22.9. The quantitative estimate of drug-likeness (QED) is 0.215. The number of Topliss-reactive ketones (excluding diaryl/α,β-unsaturated/α-hetero) is 1. The van der Waals surface area contributed by atoms with E-state index in [0.717, 1.165) is 49.8 Å². The van der Waals surface area contributed by atoms with Crippen LogP contribution < -0.4 is 10.1 Å². The first-order chi connectivity index (χ1) is 17.5. The molecule has 0 bridgehead atoms. The van der Waals surface area contributed by atoms with E-state index in [1.165, 1.54) is 12.8 Å². The largest absolute Gasteiger partial charge is 0.494 e. The van der Waals surface area contributed by atoms with Crippen molar-refractivity contribution in [1.29, 1.82) is 0 Å². The van der Waals surface area contributed by atoms with E-state index in [9.17, 15) is 14.0 Å². The number of alkyl halides is 1. The van der Waals surface area contributed by atoms with Gasteiger partial charge in [0.2, 0.25) is 5.91 Å². The van der Waals surface area contributed by atoms with Crippen LogP contribution in [0, 0.1) is 5.92 Å². The molecule has 0 aliphatic carbocycles. The zero-order valence-electron chi connectivity index (χ0n) is 22.9. The topological polar surface area (TPSA) is 58.6 Å². The molecule has 1 aliphatic heterocycles. The molecule has 1 fully saturated rings. The summed E-state index contributed by atoms with van der Waals surface area (Å²) in [4.78, 5) is 27.3. The Morgan fingerprint density at radius 3 is 2.39 bits per heavy atom. The number of carbonyl (C=O) groups is 2. The summed E-state index contributed by atoms with van der Waals surface area (Å²) >= 11 is 0. The predicted octanol–water partition coefficient (Wildman–Crippen LogP) is 6.63. The molecule has 1 N–H and O–H groups in total. The SMILES string of the molecule is CCCCCC(CC)C(=O)CCCCC(=O)NC(Cc1ccc(OCCCC)cc1)N1CC[C@@H](F)C1. The Bertz CT molecular complexity index is 755. The van der Waals surface area contributed by atoms with Crippen LogP contribution in [0.5, 0.6) is 5.75 Å². The van der Waals surface area contributed by atoms with Crippen molar-refractivity contribution in [2.45, 2.75) is 117 Å². The summed E-state index contributed by atoms with van der Waals surface area (Å²) in [6.45, 7) is 8.12. The Morgan fingerprint density at radius 1 is 1.03 bits per heavy atom. The first kappa shape index (κ1) is 30.3. The van der Waals surface area contributed by atoms with E-state index in [1.807, 2.05) is 29.2 Å². The van der Waals surface area contributed by atoms with Crippen LogP contribution >= 0.6 is 0 Å². The van der Waals surface area contributed by atoms with Gasteiger partial charge in [-0.25, -0.2) is 4.39 Å². The number of ketones is 1. The van der Waals surface area contributed by atoms with Crippen molar-refractivity contribution in [3.05, 3.63) is 29.8 Å². The van der Waals surface area contributed by atoms with E-state index >= 15 is 0 Å². The normalized spacial score (nSPS) is 17.6. The molecule has 5 nitrogen and oxygen atoms in total. The highest BCUT2D eigenvalue weighted by atomic mass is 19.1. The van der Waals surface area contributed by atoms with E-state index in [4.69, 9.17) is 4.74 Å². The first-order valence-corrected chi connectivity index (χ1v) is 14.4. The number of rotatable bonds is 19. The Labute approximate surface area is 218 Å². The summed E-state index contributed by atoms with van der Waals surface area (Å²) < 4.78 is 19.7. The summed E-state index contributed by atoms with van der Waals surface area (Å²) in [5, 5.41) is 3.15. The fourth-order valence-corrected chi connectivity index (χ4v) is 4.86. The van der Waals surface area contributed by atoms with Gasteiger partial charge in [0, 0.05) is 38.3 Å². The van der Waals surface area contributed by atoms with E-state index in [1.54, 1.807) is 0 Å². The van der Waals surface area contributed by atoms with Gasteiger partial charge in [-0.2, -0.15) is 0 Å². The number of halogens is 1. The Morgan fingerprint density at radius 2 is 1.75 bits per heavy atom. The van der Waals surface area contributed by atoms with Crippen molar-refractivity contribution in [2.24, 2.45) is 5.92 Å². The van der Waals surface area contributed by atoms with Gasteiger partial charge in [0.25, 0.3) is 0 Å². The van der Waals surface area contributed by atoms with Crippen LogP contribution in [-0.2, 0) is 16.0 Å². The molecular weight excluding hydrogens is 455 g/mol. The highest BCUT2D eigenvalue weighted by Gasteiger charge is 2.29. The molecule has 1 aromatic carbocycles. The number of nitrogens with one attached hydrogen (secondary N) is 1. The third kappa shape index (κ3) is 11.4. The second-order valence-electron chi connectivity index (χ2n) is 10.3. The van der Waals surface area contributed by atoms with E-state index < -0.39 is 6.17 Å². The third-order valence-electron chi connectivity index (χ3n) is 7.23. The molecule has 1 amide bonds. The molecule has 0 radical (unpaired) electrons. The van der Waals surface area contributed by atoms with Crippen LogP contribution in [-0.4, -0.2) is 48.6 Å². The lowest BCUT2D eigenvalue weighted by Gasteiger charge is -2.28. The molecule has 3 atom stereocenters. The lowest BCUT2D eigenvalue weighted by molar-refractivity contribution is -0.125. The summed E-state index contributed by atoms with van der Waals surface area (Å²) in [6.07, 6.45) is 9.96. The van der Waals surface area contributed by atoms with Crippen molar-refractivity contribution >= 4 is 11.7 Å². The zero-order chi connectivity index (χ0) is 26.2. The van der Waals surface area contributed by atoms with Crippen molar-refractivity contribution in [3.8, 4) is 5.75 Å². The monoisotopic (exact) mass is 504 g/mol. The van der Waals surface area contributed by atoms with Gasteiger partial charge < -0.3 is 10.1 Å². The van der Waals surface area contributed by atoms with Crippen LogP contribution in [0.3, 0.4) is 0 Å². The molecular formula is C30H49FN2O3. The number of ether oxygens (including phenoxy) is 1. The minimum absolute atomic E-state index is 0.0238. The summed E-state index contributed by atoms with van der Waals surface area (Å²) in [7, 11) is 0. The van der Waals surface area contributed by atoms with Crippen LogP contribution in [0.1, 0.15) is 103 Å². The smallest absolute Gasteiger partial charge is 0.221 e. The van der Waals surface area contributed by atoms with Crippen LogP contribution in [0.15, 0.2) is 24.3 Å². The van der Waals surface area contributed by atoms with Gasteiger partial charge in [0.1, 0.15) is 17.7 Å². The molecule has 1 aliphatic rings. The maximum absolute atomic E-state index is 13.9. The highest BCUT2D eigenvalue weighted by Crippen LogP contribution is 2.20. The molecule has 0 saturated carbocycles. The second kappa shape index (κ2) is 17.5. The third-order valence-corrected chi connectivity index (χ3v) is 7.23. The van der Waals surface area contributed by atoms with Gasteiger partial charge in [-0.05, 0) is 56.2 Å². The highest BCUT2D eigenvalue weighted by molar-refractivity contribution is 5.81. The van der Waals surface area contributed by atoms with E-state index in [-0.39, 0.29) is 18.0 Å². The number of nitrogens with zero attached hydrogens (tertiary/aromatic N) is 1. The minimum atomic E-state index is -0.839. The summed E-state index contributed by atoms with van der Waals surface area (Å²) in [6, 6.07) is 7.99. The van der Waals surface area contributed by atoms with Crippen LogP contribution in [0.4, 0.5) is 4.39 Å². The lowest BCUT2D eigenvalue weighted by atomic mass is 9.91. The average molecular weight is 505 g/mol. The molecule has 36 heavy (non-hydrogen) atoms.